The van der Waals surface area contributed by atoms with Gasteiger partial charge in [0, 0.05) is 17.2 Å². The van der Waals surface area contributed by atoms with Crippen molar-refractivity contribution in [2.24, 2.45) is 0 Å². The normalized spacial score (nSPS) is 10.5. The van der Waals surface area contributed by atoms with E-state index in [0.29, 0.717) is 5.69 Å². The Bertz CT molecular complexity index is 1160. The number of nitro groups is 1. The van der Waals surface area contributed by atoms with Crippen molar-refractivity contribution in [2.45, 2.75) is 6.92 Å². The molecule has 2 aromatic carbocycles. The maximum Gasteiger partial charge on any atom is 0.357 e. The van der Waals surface area contributed by atoms with Crippen molar-refractivity contribution in [2.75, 3.05) is 14.2 Å². The lowest BCUT2D eigenvalue weighted by Crippen LogP contribution is -2.15. The van der Waals surface area contributed by atoms with E-state index in [1.165, 1.54) is 6.92 Å². The second-order valence-corrected chi connectivity index (χ2v) is 6.13. The van der Waals surface area contributed by atoms with E-state index in [0.717, 1.165) is 31.0 Å². The minimum atomic E-state index is -0.974. The maximum absolute atomic E-state index is 14.8. The van der Waals surface area contributed by atoms with Crippen molar-refractivity contribution in [3.63, 3.8) is 0 Å². The monoisotopic (exact) mass is 413 g/mol. The van der Waals surface area contributed by atoms with Crippen LogP contribution in [0, 0.1) is 22.9 Å². The number of nitro benzene ring substituents is 1. The molecule has 0 saturated heterocycles. The molecule has 10 heteroatoms. The fourth-order valence-corrected chi connectivity index (χ4v) is 3.09. The molecule has 0 radical (unpaired) electrons. The molecule has 3 rings (SSSR count). The van der Waals surface area contributed by atoms with E-state index in [1.807, 2.05) is 0 Å². The van der Waals surface area contributed by atoms with Gasteiger partial charge in [0.05, 0.1) is 24.8 Å². The number of methoxy groups -OCH3 is 2. The second kappa shape index (κ2) is 8.11. The number of carbonyl (C=O) groups is 2. The molecule has 154 valence electrons. The first kappa shape index (κ1) is 20.6. The smallest absolute Gasteiger partial charge is 0.357 e. The Morgan fingerprint density at radius 3 is 2.27 bits per heavy atom. The third kappa shape index (κ3) is 3.39. The third-order valence-electron chi connectivity index (χ3n) is 4.47. The molecule has 3 aromatic rings. The van der Waals surface area contributed by atoms with Crippen LogP contribution >= 0.6 is 0 Å². The quantitative estimate of drug-likeness (QED) is 0.357. The molecule has 0 aliphatic heterocycles. The lowest BCUT2D eigenvalue weighted by Gasteiger charge is -2.08. The number of halogens is 1. The molecule has 0 atom stereocenters. The third-order valence-corrected chi connectivity index (χ3v) is 4.47. The molecule has 0 aliphatic rings. The number of esters is 2. The van der Waals surface area contributed by atoms with E-state index >= 15 is 0 Å². The summed E-state index contributed by atoms with van der Waals surface area (Å²) in [4.78, 5) is 35.8. The fourth-order valence-electron chi connectivity index (χ4n) is 3.09. The average molecular weight is 413 g/mol. The van der Waals surface area contributed by atoms with Gasteiger partial charge in [0.1, 0.15) is 17.1 Å². The Labute approximate surface area is 169 Å². The van der Waals surface area contributed by atoms with Crippen LogP contribution in [-0.2, 0) is 9.47 Å². The van der Waals surface area contributed by atoms with Gasteiger partial charge in [0.2, 0.25) is 0 Å². The van der Waals surface area contributed by atoms with Crippen LogP contribution in [0.2, 0.25) is 0 Å². The molecule has 1 heterocycles. The summed E-state index contributed by atoms with van der Waals surface area (Å²) in [5, 5.41) is 15.6. The van der Waals surface area contributed by atoms with Crippen LogP contribution in [0.4, 0.5) is 10.1 Å². The van der Waals surface area contributed by atoms with Crippen molar-refractivity contribution < 1.29 is 28.4 Å². The van der Waals surface area contributed by atoms with Crippen LogP contribution < -0.4 is 0 Å². The lowest BCUT2D eigenvalue weighted by molar-refractivity contribution is -0.385. The molecule has 0 aliphatic carbocycles. The first-order valence-corrected chi connectivity index (χ1v) is 8.60. The molecule has 9 nitrogen and oxygen atoms in total. The topological polar surface area (TPSA) is 114 Å². The summed E-state index contributed by atoms with van der Waals surface area (Å²) in [5.74, 6) is -2.74. The SMILES string of the molecule is COC(=O)c1c(-c2c(F)ccc([N+](=O)[O-])c2C)nn(-c2ccccc2)c1C(=O)OC. The molecule has 0 bridgehead atoms. The minimum absolute atomic E-state index is 0.0562. The summed E-state index contributed by atoms with van der Waals surface area (Å²) in [6.07, 6.45) is 0. The summed E-state index contributed by atoms with van der Waals surface area (Å²) >= 11 is 0. The summed E-state index contributed by atoms with van der Waals surface area (Å²) in [6, 6.07) is 10.2. The van der Waals surface area contributed by atoms with Gasteiger partial charge in [0.15, 0.2) is 5.69 Å². The molecule has 0 spiro atoms. The fraction of sp³-hybridized carbons (Fsp3) is 0.150. The average Bonchev–Trinajstić information content (AvgIpc) is 3.13. The number of para-hydroxylation sites is 1. The molecular weight excluding hydrogens is 397 g/mol. The van der Waals surface area contributed by atoms with Crippen LogP contribution in [0.1, 0.15) is 26.4 Å². The lowest BCUT2D eigenvalue weighted by atomic mass is 9.99. The van der Waals surface area contributed by atoms with Gasteiger partial charge in [-0.3, -0.25) is 10.1 Å². The van der Waals surface area contributed by atoms with Gasteiger partial charge in [-0.25, -0.2) is 18.7 Å². The number of nitrogens with zero attached hydrogens (tertiary/aromatic N) is 3. The highest BCUT2D eigenvalue weighted by Crippen LogP contribution is 2.36. The predicted molar refractivity (Wildman–Crippen MR) is 103 cm³/mol. The van der Waals surface area contributed by atoms with Crippen LogP contribution in [0.15, 0.2) is 42.5 Å². The Morgan fingerprint density at radius 2 is 1.70 bits per heavy atom. The highest BCUT2D eigenvalue weighted by molar-refractivity contribution is 6.07. The number of hydrogen-bond acceptors (Lipinski definition) is 7. The first-order valence-electron chi connectivity index (χ1n) is 8.60. The molecule has 0 saturated carbocycles. The molecule has 0 N–H and O–H groups in total. The Balaban J connectivity index is 2.46. The highest BCUT2D eigenvalue weighted by Gasteiger charge is 2.34. The summed E-state index contributed by atoms with van der Waals surface area (Å²) in [5.41, 5.74) is -1.26. The van der Waals surface area contributed by atoms with Gasteiger partial charge in [0.25, 0.3) is 5.69 Å². The zero-order valence-electron chi connectivity index (χ0n) is 16.2. The maximum atomic E-state index is 14.8. The van der Waals surface area contributed by atoms with Crippen LogP contribution in [-0.4, -0.2) is 40.9 Å². The highest BCUT2D eigenvalue weighted by atomic mass is 19.1. The van der Waals surface area contributed by atoms with Gasteiger partial charge in [-0.2, -0.15) is 5.10 Å². The number of ether oxygens (including phenoxy) is 2. The van der Waals surface area contributed by atoms with E-state index in [-0.39, 0.29) is 33.8 Å². The molecule has 0 fully saturated rings. The molecule has 0 amide bonds. The van der Waals surface area contributed by atoms with E-state index in [2.05, 4.69) is 5.10 Å². The summed E-state index contributed by atoms with van der Waals surface area (Å²) < 4.78 is 25.5. The second-order valence-electron chi connectivity index (χ2n) is 6.13. The van der Waals surface area contributed by atoms with E-state index in [1.54, 1.807) is 30.3 Å². The van der Waals surface area contributed by atoms with Crippen molar-refractivity contribution in [3.8, 4) is 16.9 Å². The van der Waals surface area contributed by atoms with Crippen molar-refractivity contribution in [3.05, 3.63) is 75.2 Å². The number of hydrogen-bond donors (Lipinski definition) is 0. The molecule has 30 heavy (non-hydrogen) atoms. The van der Waals surface area contributed by atoms with Crippen molar-refractivity contribution >= 4 is 17.6 Å². The standard InChI is InChI=1S/C20H16FN3O6/c1-11-14(24(27)28)10-9-13(21)15(11)17-16(19(25)29-2)18(20(26)30-3)23(22-17)12-7-5-4-6-8-12/h4-10H,1-3H3. The zero-order chi connectivity index (χ0) is 22.0. The Kier molecular flexibility index (Phi) is 5.58. The van der Waals surface area contributed by atoms with Gasteiger partial charge >= 0.3 is 11.9 Å². The van der Waals surface area contributed by atoms with E-state index < -0.39 is 22.7 Å². The first-order chi connectivity index (χ1) is 14.3. The zero-order valence-corrected chi connectivity index (χ0v) is 16.2. The van der Waals surface area contributed by atoms with Gasteiger partial charge < -0.3 is 9.47 Å². The molecule has 1 aromatic heterocycles. The minimum Gasteiger partial charge on any atom is -0.465 e. The van der Waals surface area contributed by atoms with Gasteiger partial charge in [-0.1, -0.05) is 18.2 Å². The largest absolute Gasteiger partial charge is 0.465 e. The van der Waals surface area contributed by atoms with Gasteiger partial charge in [-0.05, 0) is 25.1 Å². The number of aromatic nitrogens is 2. The van der Waals surface area contributed by atoms with Crippen LogP contribution in [0.25, 0.3) is 16.9 Å². The van der Waals surface area contributed by atoms with Crippen molar-refractivity contribution in [1.82, 2.24) is 9.78 Å². The van der Waals surface area contributed by atoms with Gasteiger partial charge in [-0.15, -0.1) is 0 Å². The number of benzene rings is 2. The van der Waals surface area contributed by atoms with E-state index in [9.17, 15) is 24.1 Å². The van der Waals surface area contributed by atoms with Crippen LogP contribution in [0.3, 0.4) is 0 Å². The Morgan fingerprint density at radius 1 is 1.07 bits per heavy atom. The van der Waals surface area contributed by atoms with Crippen molar-refractivity contribution in [1.29, 1.82) is 0 Å². The summed E-state index contributed by atoms with van der Waals surface area (Å²) in [6.45, 7) is 1.33. The number of carbonyl (C=O) groups excluding carboxylic acids is 2. The van der Waals surface area contributed by atoms with E-state index in [4.69, 9.17) is 9.47 Å². The number of rotatable bonds is 5. The Hall–Kier alpha value is -4.08. The molecule has 0 unspecified atom stereocenters. The summed E-state index contributed by atoms with van der Waals surface area (Å²) in [7, 11) is 2.20. The molecular formula is C20H16FN3O6. The predicted octanol–water partition coefficient (Wildman–Crippen LogP) is 3.47. The van der Waals surface area contributed by atoms with Crippen LogP contribution in [0.5, 0.6) is 0 Å².